The average molecular weight is 224 g/mol. The number of thiophene rings is 1. The van der Waals surface area contributed by atoms with E-state index in [2.05, 4.69) is 5.92 Å². The van der Waals surface area contributed by atoms with Crippen LogP contribution >= 0.6 is 11.3 Å². The average Bonchev–Trinajstić information content (AvgIpc) is 2.65. The molecule has 1 atom stereocenters. The molecule has 0 aliphatic rings. The molecule has 3 nitrogen and oxygen atoms in total. The molecule has 0 saturated heterocycles. The number of hydrogen-bond acceptors (Lipinski definition) is 4. The van der Waals surface area contributed by atoms with E-state index in [1.54, 1.807) is 18.4 Å². The molecule has 0 radical (unpaired) electrons. The monoisotopic (exact) mass is 224 g/mol. The topological polar surface area (TPSA) is 35.5 Å². The van der Waals surface area contributed by atoms with Crippen LogP contribution in [0.3, 0.4) is 0 Å². The van der Waals surface area contributed by atoms with Crippen molar-refractivity contribution in [3.05, 3.63) is 16.3 Å². The largest absolute Gasteiger partial charge is 0.495 e. The lowest BCUT2D eigenvalue weighted by molar-refractivity contribution is 0.0355. The summed E-state index contributed by atoms with van der Waals surface area (Å²) in [4.78, 5) is 12.1. The lowest BCUT2D eigenvalue weighted by Gasteiger charge is -2.09. The van der Waals surface area contributed by atoms with E-state index < -0.39 is 0 Å². The molecule has 0 aliphatic heterocycles. The van der Waals surface area contributed by atoms with Gasteiger partial charge in [-0.2, -0.15) is 0 Å². The number of esters is 1. The summed E-state index contributed by atoms with van der Waals surface area (Å²) < 4.78 is 10.1. The number of rotatable bonds is 4. The molecule has 0 bridgehead atoms. The molecule has 1 aromatic rings. The molecule has 1 aromatic heterocycles. The second-order valence-electron chi connectivity index (χ2n) is 2.94. The lowest BCUT2D eigenvalue weighted by Crippen LogP contribution is -2.13. The van der Waals surface area contributed by atoms with Crippen LogP contribution in [0.4, 0.5) is 0 Å². The van der Waals surface area contributed by atoms with Crippen LogP contribution in [-0.2, 0) is 4.74 Å². The number of ether oxygens (including phenoxy) is 2. The van der Waals surface area contributed by atoms with E-state index in [1.165, 1.54) is 18.4 Å². The van der Waals surface area contributed by atoms with E-state index >= 15 is 0 Å². The Morgan fingerprint density at radius 3 is 3.07 bits per heavy atom. The van der Waals surface area contributed by atoms with Crippen molar-refractivity contribution in [2.45, 2.75) is 19.4 Å². The van der Waals surface area contributed by atoms with Gasteiger partial charge in [0.1, 0.15) is 11.9 Å². The quantitative estimate of drug-likeness (QED) is 0.581. The standard InChI is InChI=1S/C11H12O3S/c1-4-5-8(2)14-11(12)10-9(13-3)6-7-15-10/h1,6-8H,5H2,2-3H3/t8-/m1/s1. The first kappa shape index (κ1) is 11.6. The van der Waals surface area contributed by atoms with Gasteiger partial charge in [0.15, 0.2) is 4.88 Å². The highest BCUT2D eigenvalue weighted by molar-refractivity contribution is 7.12. The molecule has 1 heterocycles. The summed E-state index contributed by atoms with van der Waals surface area (Å²) in [5.41, 5.74) is 0. The first-order chi connectivity index (χ1) is 7.19. The Morgan fingerprint density at radius 2 is 2.47 bits per heavy atom. The van der Waals surface area contributed by atoms with Crippen LogP contribution in [0.15, 0.2) is 11.4 Å². The first-order valence-corrected chi connectivity index (χ1v) is 5.33. The van der Waals surface area contributed by atoms with E-state index in [0.29, 0.717) is 17.0 Å². The number of terminal acetylenes is 1. The van der Waals surface area contributed by atoms with Crippen LogP contribution in [0.2, 0.25) is 0 Å². The number of hydrogen-bond donors (Lipinski definition) is 0. The predicted octanol–water partition coefficient (Wildman–Crippen LogP) is 2.33. The molecule has 4 heteroatoms. The first-order valence-electron chi connectivity index (χ1n) is 4.45. The van der Waals surface area contributed by atoms with Gasteiger partial charge in [-0.05, 0) is 18.4 Å². The molecular formula is C11H12O3S. The summed E-state index contributed by atoms with van der Waals surface area (Å²) in [7, 11) is 1.52. The second kappa shape index (κ2) is 5.42. The smallest absolute Gasteiger partial charge is 0.352 e. The predicted molar refractivity (Wildman–Crippen MR) is 59.2 cm³/mol. The van der Waals surface area contributed by atoms with Crippen molar-refractivity contribution in [1.82, 2.24) is 0 Å². The molecule has 0 unspecified atom stereocenters. The van der Waals surface area contributed by atoms with E-state index in [1.807, 2.05) is 0 Å². The molecule has 0 aliphatic carbocycles. The van der Waals surface area contributed by atoms with Gasteiger partial charge in [-0.3, -0.25) is 0 Å². The minimum absolute atomic E-state index is 0.269. The van der Waals surface area contributed by atoms with Crippen LogP contribution in [0.1, 0.15) is 23.0 Å². The minimum Gasteiger partial charge on any atom is -0.495 e. The molecule has 1 rings (SSSR count). The van der Waals surface area contributed by atoms with Crippen molar-refractivity contribution in [3.8, 4) is 18.1 Å². The van der Waals surface area contributed by atoms with Crippen molar-refractivity contribution in [2.75, 3.05) is 7.11 Å². The van der Waals surface area contributed by atoms with Crippen LogP contribution in [0.5, 0.6) is 5.75 Å². The van der Waals surface area contributed by atoms with Crippen LogP contribution < -0.4 is 4.74 Å². The van der Waals surface area contributed by atoms with Crippen molar-refractivity contribution in [2.24, 2.45) is 0 Å². The van der Waals surface area contributed by atoms with Crippen LogP contribution in [-0.4, -0.2) is 19.2 Å². The fraction of sp³-hybridized carbons (Fsp3) is 0.364. The van der Waals surface area contributed by atoms with Gasteiger partial charge in [-0.25, -0.2) is 4.79 Å². The Morgan fingerprint density at radius 1 is 1.73 bits per heavy atom. The summed E-state index contributed by atoms with van der Waals surface area (Å²) in [5.74, 6) is 2.60. The Balaban J connectivity index is 2.65. The summed E-state index contributed by atoms with van der Waals surface area (Å²) in [5, 5.41) is 1.78. The Kier molecular flexibility index (Phi) is 4.19. The van der Waals surface area contributed by atoms with Gasteiger partial charge in [0, 0.05) is 6.42 Å². The van der Waals surface area contributed by atoms with Crippen LogP contribution in [0, 0.1) is 12.3 Å². The lowest BCUT2D eigenvalue weighted by atomic mass is 10.3. The van der Waals surface area contributed by atoms with E-state index in [-0.39, 0.29) is 12.1 Å². The van der Waals surface area contributed by atoms with Gasteiger partial charge in [-0.1, -0.05) is 0 Å². The molecule has 0 saturated carbocycles. The summed E-state index contributed by atoms with van der Waals surface area (Å²) in [6.45, 7) is 1.76. The molecule has 0 fully saturated rings. The number of carbonyl (C=O) groups excluding carboxylic acids is 1. The Bertz CT molecular complexity index is 375. The summed E-state index contributed by atoms with van der Waals surface area (Å²) in [6.07, 6.45) is 5.26. The normalized spacial score (nSPS) is 11.5. The molecule has 0 amide bonds. The van der Waals surface area contributed by atoms with Crippen molar-refractivity contribution in [3.63, 3.8) is 0 Å². The fourth-order valence-corrected chi connectivity index (χ4v) is 1.79. The molecule has 15 heavy (non-hydrogen) atoms. The zero-order chi connectivity index (χ0) is 11.3. The number of carbonyl (C=O) groups is 1. The zero-order valence-corrected chi connectivity index (χ0v) is 9.47. The Labute approximate surface area is 93.0 Å². The third-order valence-electron chi connectivity index (χ3n) is 1.75. The van der Waals surface area contributed by atoms with Gasteiger partial charge in [-0.15, -0.1) is 23.7 Å². The third kappa shape index (κ3) is 3.00. The van der Waals surface area contributed by atoms with Crippen molar-refractivity contribution in [1.29, 1.82) is 0 Å². The van der Waals surface area contributed by atoms with Gasteiger partial charge in [0.05, 0.1) is 7.11 Å². The summed E-state index contributed by atoms with van der Waals surface area (Å²) in [6, 6.07) is 1.73. The Hall–Kier alpha value is -1.47. The molecule has 0 aromatic carbocycles. The molecule has 0 spiro atoms. The highest BCUT2D eigenvalue weighted by Gasteiger charge is 2.17. The van der Waals surface area contributed by atoms with Gasteiger partial charge < -0.3 is 9.47 Å². The second-order valence-corrected chi connectivity index (χ2v) is 3.86. The van der Waals surface area contributed by atoms with Gasteiger partial charge >= 0.3 is 5.97 Å². The molecular weight excluding hydrogens is 212 g/mol. The maximum absolute atomic E-state index is 11.6. The van der Waals surface area contributed by atoms with E-state index in [0.717, 1.165) is 0 Å². The highest BCUT2D eigenvalue weighted by atomic mass is 32.1. The van der Waals surface area contributed by atoms with E-state index in [4.69, 9.17) is 15.9 Å². The minimum atomic E-state index is -0.385. The molecule has 0 N–H and O–H groups in total. The third-order valence-corrected chi connectivity index (χ3v) is 2.62. The van der Waals surface area contributed by atoms with E-state index in [9.17, 15) is 4.79 Å². The number of methoxy groups -OCH3 is 1. The fourth-order valence-electron chi connectivity index (χ4n) is 1.05. The molecule has 80 valence electrons. The van der Waals surface area contributed by atoms with Gasteiger partial charge in [0.2, 0.25) is 0 Å². The van der Waals surface area contributed by atoms with Crippen LogP contribution in [0.25, 0.3) is 0 Å². The van der Waals surface area contributed by atoms with Crippen molar-refractivity contribution < 1.29 is 14.3 Å². The zero-order valence-electron chi connectivity index (χ0n) is 8.65. The maximum atomic E-state index is 11.6. The summed E-state index contributed by atoms with van der Waals surface area (Å²) >= 11 is 1.29. The maximum Gasteiger partial charge on any atom is 0.352 e. The highest BCUT2D eigenvalue weighted by Crippen LogP contribution is 2.25. The van der Waals surface area contributed by atoms with Crippen molar-refractivity contribution >= 4 is 17.3 Å². The van der Waals surface area contributed by atoms with Gasteiger partial charge in [0.25, 0.3) is 0 Å². The SMILES string of the molecule is C#CC[C@@H](C)OC(=O)c1sccc1OC.